The second kappa shape index (κ2) is 7.39. The van der Waals surface area contributed by atoms with Crippen molar-refractivity contribution in [3.8, 4) is 11.8 Å². The second-order valence-electron chi connectivity index (χ2n) is 3.92. The Hall–Kier alpha value is -0.950. The molecule has 2 atom stereocenters. The van der Waals surface area contributed by atoms with E-state index in [4.69, 9.17) is 5.11 Å². The Morgan fingerprint density at radius 1 is 1.35 bits per heavy atom. The van der Waals surface area contributed by atoms with Crippen LogP contribution < -0.4 is 0 Å². The van der Waals surface area contributed by atoms with Crippen LogP contribution in [-0.4, -0.2) is 28.2 Å². The van der Waals surface area contributed by atoms with Crippen LogP contribution in [0.15, 0.2) is 24.3 Å². The molecule has 0 saturated heterocycles. The van der Waals surface area contributed by atoms with Gasteiger partial charge in [0.05, 0.1) is 6.10 Å². The van der Waals surface area contributed by atoms with Gasteiger partial charge < -0.3 is 10.2 Å². The molecule has 2 N–H and O–H groups in total. The molecule has 1 rings (SSSR count). The van der Waals surface area contributed by atoms with Crippen molar-refractivity contribution in [1.29, 1.82) is 0 Å². The molecule has 0 aromatic heterocycles. The summed E-state index contributed by atoms with van der Waals surface area (Å²) < 4.78 is 0. The Morgan fingerprint density at radius 2 is 2.12 bits per heavy atom. The average Bonchev–Trinajstić information content (AvgIpc) is 2.33. The number of hydrogen-bond acceptors (Lipinski definition) is 3. The van der Waals surface area contributed by atoms with Crippen LogP contribution in [0.2, 0.25) is 0 Å². The summed E-state index contributed by atoms with van der Waals surface area (Å²) in [4.78, 5) is 0. The highest BCUT2D eigenvalue weighted by Gasteiger charge is 2.08. The number of hydrogen-bond donors (Lipinski definition) is 2. The largest absolute Gasteiger partial charge is 0.392 e. The minimum absolute atomic E-state index is 0.113. The summed E-state index contributed by atoms with van der Waals surface area (Å²) in [6.07, 6.45) is -0.294. The molecule has 0 aliphatic carbocycles. The van der Waals surface area contributed by atoms with E-state index < -0.39 is 0 Å². The fraction of sp³-hybridized carbons (Fsp3) is 0.429. The van der Waals surface area contributed by atoms with Gasteiger partial charge in [0.1, 0.15) is 6.61 Å². The molecule has 2 nitrogen and oxygen atoms in total. The summed E-state index contributed by atoms with van der Waals surface area (Å²) in [6.45, 7) is 3.71. The molecule has 92 valence electrons. The van der Waals surface area contributed by atoms with Gasteiger partial charge in [-0.3, -0.25) is 0 Å². The number of rotatable bonds is 4. The highest BCUT2D eigenvalue weighted by molar-refractivity contribution is 7.99. The minimum Gasteiger partial charge on any atom is -0.392 e. The molecule has 17 heavy (non-hydrogen) atoms. The fourth-order valence-electron chi connectivity index (χ4n) is 1.25. The average molecular weight is 250 g/mol. The van der Waals surface area contributed by atoms with Gasteiger partial charge in [-0.05, 0) is 24.6 Å². The molecule has 1 aromatic rings. The van der Waals surface area contributed by atoms with E-state index in [2.05, 4.69) is 11.8 Å². The van der Waals surface area contributed by atoms with Gasteiger partial charge in [0.25, 0.3) is 0 Å². The summed E-state index contributed by atoms with van der Waals surface area (Å²) in [5.74, 6) is 6.38. The highest BCUT2D eigenvalue weighted by Crippen LogP contribution is 2.20. The molecule has 0 radical (unpaired) electrons. The monoisotopic (exact) mass is 250 g/mol. The van der Waals surface area contributed by atoms with Gasteiger partial charge >= 0.3 is 0 Å². The van der Waals surface area contributed by atoms with Crippen LogP contribution in [0.5, 0.6) is 0 Å². The van der Waals surface area contributed by atoms with E-state index in [1.807, 2.05) is 31.2 Å². The van der Waals surface area contributed by atoms with Gasteiger partial charge in [0, 0.05) is 16.6 Å². The van der Waals surface area contributed by atoms with Crippen molar-refractivity contribution in [2.75, 3.05) is 6.61 Å². The summed E-state index contributed by atoms with van der Waals surface area (Å²) in [5.41, 5.74) is 2.11. The zero-order chi connectivity index (χ0) is 12.7. The van der Waals surface area contributed by atoms with Crippen molar-refractivity contribution >= 4 is 11.8 Å². The van der Waals surface area contributed by atoms with Crippen LogP contribution in [0.4, 0.5) is 0 Å². The maximum Gasteiger partial charge on any atom is 0.104 e. The summed E-state index contributed by atoms with van der Waals surface area (Å²) in [6, 6.07) is 7.95. The molecule has 0 aliphatic rings. The van der Waals surface area contributed by atoms with Gasteiger partial charge in [-0.25, -0.2) is 0 Å². The van der Waals surface area contributed by atoms with E-state index in [9.17, 15) is 5.11 Å². The Labute approximate surface area is 107 Å². The zero-order valence-electron chi connectivity index (χ0n) is 10.2. The number of benzene rings is 1. The molecule has 0 aliphatic heterocycles. The molecule has 0 amide bonds. The smallest absolute Gasteiger partial charge is 0.104 e. The highest BCUT2D eigenvalue weighted by atomic mass is 32.2. The van der Waals surface area contributed by atoms with E-state index in [0.717, 1.165) is 11.3 Å². The molecule has 0 bridgehead atoms. The molecule has 3 heteroatoms. The van der Waals surface area contributed by atoms with E-state index in [1.165, 1.54) is 5.56 Å². The topological polar surface area (TPSA) is 40.5 Å². The lowest BCUT2D eigenvalue weighted by molar-refractivity contribution is 0.196. The molecule has 1 aromatic carbocycles. The van der Waals surface area contributed by atoms with Gasteiger partial charge in [0.15, 0.2) is 0 Å². The van der Waals surface area contributed by atoms with Crippen LogP contribution >= 0.6 is 11.8 Å². The number of aliphatic hydroxyl groups excluding tert-OH is 2. The van der Waals surface area contributed by atoms with Crippen LogP contribution in [-0.2, 0) is 5.75 Å². The van der Waals surface area contributed by atoms with Gasteiger partial charge in [0.2, 0.25) is 0 Å². The Balaban J connectivity index is 2.60. The first-order valence-electron chi connectivity index (χ1n) is 5.62. The maximum absolute atomic E-state index is 9.40. The summed E-state index contributed by atoms with van der Waals surface area (Å²) >= 11 is 1.72. The fourth-order valence-corrected chi connectivity index (χ4v) is 2.16. The SMILES string of the molecule is CC(O)C(C)SCc1cccc(C#CCO)c1. The van der Waals surface area contributed by atoms with Crippen LogP contribution in [0, 0.1) is 11.8 Å². The minimum atomic E-state index is -0.294. The number of aliphatic hydroxyl groups is 2. The standard InChI is InChI=1S/C14H18O2S/c1-11(16)12(2)17-10-14-6-3-5-13(9-14)7-4-8-15/h3,5-6,9,11-12,15-16H,8,10H2,1-2H3. The summed E-state index contributed by atoms with van der Waals surface area (Å²) in [7, 11) is 0. The predicted molar refractivity (Wildman–Crippen MR) is 72.8 cm³/mol. The first-order valence-corrected chi connectivity index (χ1v) is 6.66. The third-order valence-corrected chi connectivity index (χ3v) is 3.85. The third-order valence-electron chi connectivity index (χ3n) is 2.43. The van der Waals surface area contributed by atoms with Gasteiger partial charge in [-0.15, -0.1) is 0 Å². The first kappa shape index (κ1) is 14.1. The number of thioether (sulfide) groups is 1. The Morgan fingerprint density at radius 3 is 2.76 bits per heavy atom. The zero-order valence-corrected chi connectivity index (χ0v) is 11.0. The van der Waals surface area contributed by atoms with E-state index in [1.54, 1.807) is 18.7 Å². The Bertz CT molecular complexity index is 404. The van der Waals surface area contributed by atoms with Crippen LogP contribution in [0.3, 0.4) is 0 Å². The van der Waals surface area contributed by atoms with E-state index in [-0.39, 0.29) is 18.0 Å². The van der Waals surface area contributed by atoms with Crippen LogP contribution in [0.25, 0.3) is 0 Å². The van der Waals surface area contributed by atoms with Crippen molar-refractivity contribution in [3.63, 3.8) is 0 Å². The van der Waals surface area contributed by atoms with E-state index >= 15 is 0 Å². The Kier molecular flexibility index (Phi) is 6.13. The summed E-state index contributed by atoms with van der Waals surface area (Å²) in [5, 5.41) is 18.3. The van der Waals surface area contributed by atoms with Crippen molar-refractivity contribution in [1.82, 2.24) is 0 Å². The van der Waals surface area contributed by atoms with Crippen molar-refractivity contribution in [3.05, 3.63) is 35.4 Å². The third kappa shape index (κ3) is 5.27. The van der Waals surface area contributed by atoms with E-state index in [0.29, 0.717) is 0 Å². The van der Waals surface area contributed by atoms with Gasteiger partial charge in [-0.2, -0.15) is 11.8 Å². The second-order valence-corrected chi connectivity index (χ2v) is 5.28. The molecule has 0 fully saturated rings. The molecular weight excluding hydrogens is 232 g/mol. The maximum atomic E-state index is 9.40. The molecule has 0 spiro atoms. The van der Waals surface area contributed by atoms with Crippen LogP contribution in [0.1, 0.15) is 25.0 Å². The van der Waals surface area contributed by atoms with Crippen molar-refractivity contribution in [2.24, 2.45) is 0 Å². The normalized spacial score (nSPS) is 13.6. The molecule has 0 saturated carbocycles. The van der Waals surface area contributed by atoms with Crippen molar-refractivity contribution in [2.45, 2.75) is 31.0 Å². The predicted octanol–water partition coefficient (Wildman–Crippen LogP) is 2.03. The lowest BCUT2D eigenvalue weighted by Crippen LogP contribution is -2.15. The quantitative estimate of drug-likeness (QED) is 0.803. The first-order chi connectivity index (χ1) is 8.13. The molecular formula is C14H18O2S. The molecule has 0 heterocycles. The van der Waals surface area contributed by atoms with Gasteiger partial charge in [-0.1, -0.05) is 30.9 Å². The lowest BCUT2D eigenvalue weighted by Gasteiger charge is -2.13. The lowest BCUT2D eigenvalue weighted by atomic mass is 10.1. The molecule has 2 unspecified atom stereocenters. The van der Waals surface area contributed by atoms with Crippen molar-refractivity contribution < 1.29 is 10.2 Å².